The second-order valence-electron chi connectivity index (χ2n) is 6.52. The van der Waals surface area contributed by atoms with Gasteiger partial charge in [-0.3, -0.25) is 4.79 Å². The van der Waals surface area contributed by atoms with Crippen LogP contribution in [-0.4, -0.2) is 44.9 Å². The summed E-state index contributed by atoms with van der Waals surface area (Å²) in [4.78, 5) is 24.9. The van der Waals surface area contributed by atoms with E-state index in [9.17, 15) is 18.0 Å². The third-order valence-electron chi connectivity index (χ3n) is 4.53. The number of nitrogens with one attached hydrogen (secondary N) is 2. The normalized spacial score (nSPS) is 14.7. The van der Waals surface area contributed by atoms with Crippen molar-refractivity contribution in [3.63, 3.8) is 0 Å². The molecule has 8 nitrogen and oxygen atoms in total. The summed E-state index contributed by atoms with van der Waals surface area (Å²) in [7, 11) is 0. The molecule has 0 amide bonds. The number of aromatic nitrogens is 3. The number of piperidine rings is 1. The van der Waals surface area contributed by atoms with Gasteiger partial charge in [-0.1, -0.05) is 0 Å². The first-order valence-corrected chi connectivity index (χ1v) is 9.69. The molecule has 0 spiro atoms. The fraction of sp³-hybridized carbons (Fsp3) is 0.333. The number of aromatic amines is 1. The van der Waals surface area contributed by atoms with Gasteiger partial charge in [0.15, 0.2) is 0 Å². The maximum absolute atomic E-state index is 12.1. The van der Waals surface area contributed by atoms with Crippen LogP contribution in [0.15, 0.2) is 28.5 Å². The number of H-pyrrole nitrogens is 1. The van der Waals surface area contributed by atoms with E-state index in [4.69, 9.17) is 15.2 Å². The average Bonchev–Trinajstić information content (AvgIpc) is 3.34. The lowest BCUT2D eigenvalue weighted by Gasteiger charge is -2.23. The van der Waals surface area contributed by atoms with Crippen LogP contribution in [0.3, 0.4) is 0 Å². The number of rotatable bonds is 2. The number of hydrogen-bond acceptors (Lipinski definition) is 6. The average molecular weight is 439 g/mol. The molecule has 0 radical (unpaired) electrons. The van der Waals surface area contributed by atoms with E-state index in [0.29, 0.717) is 17.1 Å². The van der Waals surface area contributed by atoms with Gasteiger partial charge >= 0.3 is 12.1 Å². The molecular weight excluding hydrogens is 423 g/mol. The number of carboxylic acids is 1. The van der Waals surface area contributed by atoms with E-state index in [1.165, 1.54) is 11.3 Å². The zero-order valence-electron chi connectivity index (χ0n) is 15.4. The first-order chi connectivity index (χ1) is 14.2. The van der Waals surface area contributed by atoms with E-state index in [2.05, 4.69) is 21.5 Å². The molecule has 4 rings (SSSR count). The van der Waals surface area contributed by atoms with E-state index in [0.717, 1.165) is 42.1 Å². The van der Waals surface area contributed by atoms with Crippen LogP contribution >= 0.6 is 11.3 Å². The maximum Gasteiger partial charge on any atom is 0.490 e. The molecule has 30 heavy (non-hydrogen) atoms. The van der Waals surface area contributed by atoms with Crippen molar-refractivity contribution >= 4 is 23.0 Å². The molecule has 0 unspecified atom stereocenters. The van der Waals surface area contributed by atoms with Crippen molar-refractivity contribution in [3.05, 3.63) is 45.3 Å². The second-order valence-corrected chi connectivity index (χ2v) is 7.43. The smallest absolute Gasteiger partial charge is 0.475 e. The van der Waals surface area contributed by atoms with Gasteiger partial charge in [0.1, 0.15) is 11.7 Å². The number of nitriles is 1. The van der Waals surface area contributed by atoms with Gasteiger partial charge in [-0.25, -0.2) is 9.31 Å². The molecule has 1 aliphatic heterocycles. The van der Waals surface area contributed by atoms with Gasteiger partial charge in [-0.2, -0.15) is 23.5 Å². The minimum absolute atomic E-state index is 0.107. The summed E-state index contributed by atoms with van der Waals surface area (Å²) in [5, 5.41) is 25.8. The summed E-state index contributed by atoms with van der Waals surface area (Å²) in [5.74, 6) is -2.42. The summed E-state index contributed by atoms with van der Waals surface area (Å²) in [6.45, 7) is 1.92. The Kier molecular flexibility index (Phi) is 6.23. The molecule has 3 aromatic rings. The topological polar surface area (TPSA) is 123 Å². The number of fused-ring (bicyclic) bond motifs is 1. The SMILES string of the molecule is N#Cc1csc(-c2cnn3c(C4CCNCC4)cc(=O)[nH]c23)c1.O=C(O)C(F)(F)F. The molecule has 3 N–H and O–H groups in total. The van der Waals surface area contributed by atoms with Crippen molar-refractivity contribution in [2.24, 2.45) is 0 Å². The summed E-state index contributed by atoms with van der Waals surface area (Å²) < 4.78 is 33.6. The van der Waals surface area contributed by atoms with Gasteiger partial charge in [0.25, 0.3) is 5.56 Å². The quantitative estimate of drug-likeness (QED) is 0.564. The van der Waals surface area contributed by atoms with Crippen LogP contribution in [0.1, 0.15) is 30.0 Å². The number of carboxylic acid groups (broad SMARTS) is 1. The third kappa shape index (κ3) is 4.69. The Balaban J connectivity index is 0.000000318. The first kappa shape index (κ1) is 21.5. The lowest BCUT2D eigenvalue weighted by Crippen LogP contribution is -2.28. The van der Waals surface area contributed by atoms with Gasteiger partial charge in [-0.05, 0) is 32.0 Å². The van der Waals surface area contributed by atoms with E-state index in [1.54, 1.807) is 12.3 Å². The van der Waals surface area contributed by atoms with Crippen LogP contribution in [0, 0.1) is 11.3 Å². The molecule has 12 heteroatoms. The summed E-state index contributed by atoms with van der Waals surface area (Å²) in [5.41, 5.74) is 3.06. The lowest BCUT2D eigenvalue weighted by molar-refractivity contribution is -0.192. The van der Waals surface area contributed by atoms with Crippen LogP contribution in [-0.2, 0) is 4.79 Å². The number of hydrogen-bond donors (Lipinski definition) is 3. The molecule has 3 aromatic heterocycles. The minimum Gasteiger partial charge on any atom is -0.475 e. The van der Waals surface area contributed by atoms with Crippen molar-refractivity contribution in [3.8, 4) is 16.5 Å². The molecular formula is C18H16F3N5O3S. The van der Waals surface area contributed by atoms with Gasteiger partial charge in [0, 0.05) is 22.2 Å². The molecule has 0 atom stereocenters. The molecule has 1 aliphatic rings. The fourth-order valence-corrected chi connectivity index (χ4v) is 3.98. The highest BCUT2D eigenvalue weighted by molar-refractivity contribution is 7.13. The van der Waals surface area contributed by atoms with Crippen molar-refractivity contribution < 1.29 is 23.1 Å². The van der Waals surface area contributed by atoms with Crippen LogP contribution in [0.4, 0.5) is 13.2 Å². The van der Waals surface area contributed by atoms with Gasteiger partial charge in [0.2, 0.25) is 0 Å². The lowest BCUT2D eigenvalue weighted by atomic mass is 9.94. The van der Waals surface area contributed by atoms with E-state index >= 15 is 0 Å². The summed E-state index contributed by atoms with van der Waals surface area (Å²) in [6.07, 6.45) is -1.31. The first-order valence-electron chi connectivity index (χ1n) is 8.81. The highest BCUT2D eigenvalue weighted by Crippen LogP contribution is 2.31. The number of thiophene rings is 1. The van der Waals surface area contributed by atoms with E-state index in [-0.39, 0.29) is 5.56 Å². The zero-order valence-corrected chi connectivity index (χ0v) is 16.2. The molecule has 0 aliphatic carbocycles. The second kappa shape index (κ2) is 8.68. The molecule has 1 saturated heterocycles. The monoisotopic (exact) mass is 439 g/mol. The molecule has 1 fully saturated rings. The highest BCUT2D eigenvalue weighted by atomic mass is 32.1. The van der Waals surface area contributed by atoms with Crippen molar-refractivity contribution in [2.45, 2.75) is 24.9 Å². The van der Waals surface area contributed by atoms with Crippen LogP contribution < -0.4 is 10.9 Å². The van der Waals surface area contributed by atoms with Crippen LogP contribution in [0.25, 0.3) is 16.1 Å². The number of nitrogens with zero attached hydrogens (tertiary/aromatic N) is 3. The highest BCUT2D eigenvalue weighted by Gasteiger charge is 2.38. The van der Waals surface area contributed by atoms with Crippen LogP contribution in [0.2, 0.25) is 0 Å². The molecule has 0 saturated carbocycles. The van der Waals surface area contributed by atoms with Gasteiger partial charge < -0.3 is 15.4 Å². The van der Waals surface area contributed by atoms with Gasteiger partial charge in [-0.15, -0.1) is 11.3 Å². The summed E-state index contributed by atoms with van der Waals surface area (Å²) in [6, 6.07) is 5.63. The van der Waals surface area contributed by atoms with Crippen LogP contribution in [0.5, 0.6) is 0 Å². The number of carbonyl (C=O) groups is 1. The maximum atomic E-state index is 12.1. The largest absolute Gasteiger partial charge is 0.490 e. The van der Waals surface area contributed by atoms with Gasteiger partial charge in [0.05, 0.1) is 23.0 Å². The molecule has 0 aromatic carbocycles. The Morgan fingerprint density at radius 2 is 2.00 bits per heavy atom. The Labute approximate surface area is 171 Å². The predicted molar refractivity (Wildman–Crippen MR) is 102 cm³/mol. The summed E-state index contributed by atoms with van der Waals surface area (Å²) >= 11 is 1.49. The van der Waals surface area contributed by atoms with Crippen molar-refractivity contribution in [1.29, 1.82) is 5.26 Å². The Hall–Kier alpha value is -3.17. The minimum atomic E-state index is -5.08. The van der Waals surface area contributed by atoms with E-state index < -0.39 is 12.1 Å². The predicted octanol–water partition coefficient (Wildman–Crippen LogP) is 2.72. The standard InChI is InChI=1S/C16H15N5OS.C2HF3O2/c17-7-10-5-14(23-9-10)12-8-19-21-13(6-15(22)20-16(12)21)11-1-3-18-4-2-11;3-2(4,5)1(6)7/h5-6,8-9,11,18H,1-4H2,(H,20,22);(H,6,7). The molecule has 4 heterocycles. The van der Waals surface area contributed by atoms with Crippen molar-refractivity contribution in [1.82, 2.24) is 19.9 Å². The fourth-order valence-electron chi connectivity index (χ4n) is 3.14. The Bertz CT molecular complexity index is 1150. The zero-order chi connectivity index (χ0) is 21.9. The third-order valence-corrected chi connectivity index (χ3v) is 5.49. The number of halogens is 3. The number of alkyl halides is 3. The van der Waals surface area contributed by atoms with Crippen molar-refractivity contribution in [2.75, 3.05) is 13.1 Å². The Morgan fingerprint density at radius 1 is 1.33 bits per heavy atom. The Morgan fingerprint density at radius 3 is 2.57 bits per heavy atom. The molecule has 0 bridgehead atoms. The van der Waals surface area contributed by atoms with E-state index in [1.807, 2.05) is 16.0 Å². The molecule has 158 valence electrons. The number of aliphatic carboxylic acids is 1.